The predicted octanol–water partition coefficient (Wildman–Crippen LogP) is 4.88. The lowest BCUT2D eigenvalue weighted by molar-refractivity contribution is -0.116. The molecule has 0 heterocycles. The fraction of sp³-hybridized carbons (Fsp3) is 0.188. The van der Waals surface area contributed by atoms with Gasteiger partial charge in [0.1, 0.15) is 11.9 Å². The Labute approximate surface area is 138 Å². The summed E-state index contributed by atoms with van der Waals surface area (Å²) in [5.41, 5.74) is 2.06. The zero-order valence-electron chi connectivity index (χ0n) is 12.1. The highest BCUT2D eigenvalue weighted by atomic mass is 35.5. The summed E-state index contributed by atoms with van der Waals surface area (Å²) in [6.45, 7) is 3.61. The smallest absolute Gasteiger partial charge is 0.246 e. The molecule has 0 saturated heterocycles. The second-order valence-electron chi connectivity index (χ2n) is 4.94. The summed E-state index contributed by atoms with van der Waals surface area (Å²) in [6, 6.07) is 8.76. The third-order valence-electron chi connectivity index (χ3n) is 3.14. The number of anilines is 2. The van der Waals surface area contributed by atoms with Gasteiger partial charge in [-0.3, -0.25) is 4.79 Å². The van der Waals surface area contributed by atoms with Gasteiger partial charge >= 0.3 is 0 Å². The first-order chi connectivity index (χ1) is 10.4. The first-order valence-electron chi connectivity index (χ1n) is 6.65. The fourth-order valence-corrected chi connectivity index (χ4v) is 2.23. The molecule has 0 radical (unpaired) electrons. The summed E-state index contributed by atoms with van der Waals surface area (Å²) >= 11 is 11.9. The van der Waals surface area contributed by atoms with E-state index in [9.17, 15) is 9.18 Å². The SMILES string of the molecule is Cc1ccc(NC(C)C(=O)Nc2ccc(F)cc2Cl)cc1Cl. The number of carbonyl (C=O) groups is 1. The first-order valence-corrected chi connectivity index (χ1v) is 7.41. The van der Waals surface area contributed by atoms with E-state index >= 15 is 0 Å². The van der Waals surface area contributed by atoms with E-state index < -0.39 is 11.9 Å². The topological polar surface area (TPSA) is 41.1 Å². The quantitative estimate of drug-likeness (QED) is 0.832. The molecule has 0 bridgehead atoms. The van der Waals surface area contributed by atoms with Gasteiger partial charge in [-0.2, -0.15) is 0 Å². The van der Waals surface area contributed by atoms with Crippen LogP contribution in [-0.4, -0.2) is 11.9 Å². The molecule has 1 atom stereocenters. The van der Waals surface area contributed by atoms with Crippen molar-refractivity contribution in [2.24, 2.45) is 0 Å². The lowest BCUT2D eigenvalue weighted by atomic mass is 10.2. The maximum absolute atomic E-state index is 13.0. The van der Waals surface area contributed by atoms with Gasteiger partial charge in [0.15, 0.2) is 0 Å². The highest BCUT2D eigenvalue weighted by Gasteiger charge is 2.14. The van der Waals surface area contributed by atoms with E-state index in [2.05, 4.69) is 10.6 Å². The highest BCUT2D eigenvalue weighted by molar-refractivity contribution is 6.33. The predicted molar refractivity (Wildman–Crippen MR) is 89.3 cm³/mol. The van der Waals surface area contributed by atoms with E-state index in [0.29, 0.717) is 10.7 Å². The van der Waals surface area contributed by atoms with Gasteiger partial charge in [-0.25, -0.2) is 4.39 Å². The van der Waals surface area contributed by atoms with Crippen molar-refractivity contribution in [3.63, 3.8) is 0 Å². The summed E-state index contributed by atoms with van der Waals surface area (Å²) in [6.07, 6.45) is 0. The second-order valence-corrected chi connectivity index (χ2v) is 5.76. The van der Waals surface area contributed by atoms with Crippen LogP contribution < -0.4 is 10.6 Å². The molecule has 2 rings (SSSR count). The van der Waals surface area contributed by atoms with Crippen LogP contribution in [0, 0.1) is 12.7 Å². The van der Waals surface area contributed by atoms with Crippen LogP contribution in [-0.2, 0) is 4.79 Å². The summed E-state index contributed by atoms with van der Waals surface area (Å²) < 4.78 is 13.0. The van der Waals surface area contributed by atoms with Gasteiger partial charge in [0.2, 0.25) is 5.91 Å². The average molecular weight is 341 g/mol. The molecule has 0 spiro atoms. The van der Waals surface area contributed by atoms with Crippen LogP contribution in [0.15, 0.2) is 36.4 Å². The van der Waals surface area contributed by atoms with Crippen LogP contribution in [0.5, 0.6) is 0 Å². The molecule has 1 unspecified atom stereocenters. The molecule has 0 saturated carbocycles. The Morgan fingerprint density at radius 1 is 1.14 bits per heavy atom. The summed E-state index contributed by atoms with van der Waals surface area (Å²) in [7, 11) is 0. The number of amides is 1. The Morgan fingerprint density at radius 2 is 1.86 bits per heavy atom. The average Bonchev–Trinajstić information content (AvgIpc) is 2.45. The van der Waals surface area contributed by atoms with Crippen molar-refractivity contribution >= 4 is 40.5 Å². The Kier molecular flexibility index (Phi) is 5.27. The third kappa shape index (κ3) is 4.12. The van der Waals surface area contributed by atoms with Crippen molar-refractivity contribution in [1.82, 2.24) is 0 Å². The van der Waals surface area contributed by atoms with Crippen molar-refractivity contribution in [3.05, 3.63) is 57.8 Å². The molecule has 2 aromatic carbocycles. The lowest BCUT2D eigenvalue weighted by Gasteiger charge is -2.16. The Bertz CT molecular complexity index is 707. The summed E-state index contributed by atoms with van der Waals surface area (Å²) in [5.74, 6) is -0.742. The normalized spacial score (nSPS) is 11.9. The fourth-order valence-electron chi connectivity index (χ4n) is 1.83. The first kappa shape index (κ1) is 16.6. The van der Waals surface area contributed by atoms with Gasteiger partial charge in [-0.1, -0.05) is 29.3 Å². The summed E-state index contributed by atoms with van der Waals surface area (Å²) in [5, 5.41) is 6.47. The number of hydrogen-bond acceptors (Lipinski definition) is 2. The minimum absolute atomic E-state index is 0.152. The molecule has 0 aromatic heterocycles. The largest absolute Gasteiger partial charge is 0.374 e. The minimum atomic E-state index is -0.514. The van der Waals surface area contributed by atoms with Crippen molar-refractivity contribution < 1.29 is 9.18 Å². The van der Waals surface area contributed by atoms with Crippen LogP contribution in [0.1, 0.15) is 12.5 Å². The number of halogens is 3. The maximum Gasteiger partial charge on any atom is 0.246 e. The molecule has 116 valence electrons. The van der Waals surface area contributed by atoms with Crippen molar-refractivity contribution in [1.29, 1.82) is 0 Å². The molecular weight excluding hydrogens is 326 g/mol. The van der Waals surface area contributed by atoms with Crippen molar-refractivity contribution in [2.75, 3.05) is 10.6 Å². The Morgan fingerprint density at radius 3 is 2.50 bits per heavy atom. The van der Waals surface area contributed by atoms with Gasteiger partial charge in [0, 0.05) is 10.7 Å². The molecule has 22 heavy (non-hydrogen) atoms. The van der Waals surface area contributed by atoms with Crippen molar-refractivity contribution in [3.8, 4) is 0 Å². The zero-order valence-corrected chi connectivity index (χ0v) is 13.6. The van der Waals surface area contributed by atoms with Crippen LogP contribution in [0.4, 0.5) is 15.8 Å². The zero-order chi connectivity index (χ0) is 16.3. The molecule has 0 fully saturated rings. The Hall–Kier alpha value is -1.78. The molecule has 1 amide bonds. The van der Waals surface area contributed by atoms with Crippen LogP contribution in [0.3, 0.4) is 0 Å². The standard InChI is InChI=1S/C16H15Cl2FN2O/c1-9-3-5-12(8-13(9)17)20-10(2)16(22)21-15-6-4-11(19)7-14(15)18/h3-8,10,20H,1-2H3,(H,21,22). The van der Waals surface area contributed by atoms with E-state index in [1.54, 1.807) is 13.0 Å². The third-order valence-corrected chi connectivity index (χ3v) is 3.86. The molecular formula is C16H15Cl2FN2O. The number of carbonyl (C=O) groups excluding carboxylic acids is 1. The second kappa shape index (κ2) is 6.99. The van der Waals surface area contributed by atoms with E-state index in [4.69, 9.17) is 23.2 Å². The molecule has 0 aliphatic heterocycles. The number of nitrogens with one attached hydrogen (secondary N) is 2. The van der Waals surface area contributed by atoms with Gasteiger partial charge in [0.05, 0.1) is 10.7 Å². The number of hydrogen-bond donors (Lipinski definition) is 2. The van der Waals surface area contributed by atoms with E-state index in [0.717, 1.165) is 17.3 Å². The molecule has 0 aliphatic rings. The van der Waals surface area contributed by atoms with Gasteiger partial charge in [-0.05, 0) is 49.7 Å². The van der Waals surface area contributed by atoms with E-state index in [-0.39, 0.29) is 10.9 Å². The maximum atomic E-state index is 13.0. The molecule has 6 heteroatoms. The van der Waals surface area contributed by atoms with Gasteiger partial charge in [-0.15, -0.1) is 0 Å². The van der Waals surface area contributed by atoms with Gasteiger partial charge < -0.3 is 10.6 Å². The van der Waals surface area contributed by atoms with Gasteiger partial charge in [0.25, 0.3) is 0 Å². The van der Waals surface area contributed by atoms with Crippen LogP contribution in [0.25, 0.3) is 0 Å². The molecule has 0 aliphatic carbocycles. The number of benzene rings is 2. The monoisotopic (exact) mass is 340 g/mol. The van der Waals surface area contributed by atoms with Crippen LogP contribution in [0.2, 0.25) is 10.0 Å². The lowest BCUT2D eigenvalue weighted by Crippen LogP contribution is -2.31. The molecule has 2 N–H and O–H groups in total. The van der Waals surface area contributed by atoms with E-state index in [1.165, 1.54) is 12.1 Å². The van der Waals surface area contributed by atoms with Crippen LogP contribution >= 0.6 is 23.2 Å². The number of aryl methyl sites for hydroxylation is 1. The highest BCUT2D eigenvalue weighted by Crippen LogP contribution is 2.23. The molecule has 3 nitrogen and oxygen atoms in total. The number of rotatable bonds is 4. The van der Waals surface area contributed by atoms with Crippen molar-refractivity contribution in [2.45, 2.75) is 19.9 Å². The minimum Gasteiger partial charge on any atom is -0.374 e. The molecule has 2 aromatic rings. The Balaban J connectivity index is 2.04. The van der Waals surface area contributed by atoms with E-state index in [1.807, 2.05) is 19.1 Å². The summed E-state index contributed by atoms with van der Waals surface area (Å²) in [4.78, 5) is 12.1.